The Balaban J connectivity index is 2.08. The maximum absolute atomic E-state index is 13.5. The average Bonchev–Trinajstić information content (AvgIpc) is 3.24. The highest BCUT2D eigenvalue weighted by Crippen LogP contribution is 2.45. The molecule has 0 aliphatic carbocycles. The van der Waals surface area contributed by atoms with E-state index in [0.717, 1.165) is 58.1 Å². The van der Waals surface area contributed by atoms with Gasteiger partial charge < -0.3 is 14.2 Å². The van der Waals surface area contributed by atoms with Crippen molar-refractivity contribution in [3.63, 3.8) is 0 Å². The molecule has 3 heterocycles. The minimum Gasteiger partial charge on any atom is -0.493 e. The van der Waals surface area contributed by atoms with Gasteiger partial charge in [0.1, 0.15) is 4.83 Å². The monoisotopic (exact) mass is 500 g/mol. The second kappa shape index (κ2) is 11.0. The van der Waals surface area contributed by atoms with Crippen molar-refractivity contribution in [2.75, 3.05) is 39.7 Å². The average molecular weight is 501 g/mol. The van der Waals surface area contributed by atoms with Gasteiger partial charge in [-0.15, -0.1) is 11.3 Å². The van der Waals surface area contributed by atoms with Crippen LogP contribution >= 0.6 is 23.1 Å². The predicted octanol–water partition coefficient (Wildman–Crippen LogP) is 5.79. The van der Waals surface area contributed by atoms with Crippen LogP contribution in [0.4, 0.5) is 0 Å². The van der Waals surface area contributed by atoms with Crippen LogP contribution in [0.3, 0.4) is 0 Å². The summed E-state index contributed by atoms with van der Waals surface area (Å²) >= 11 is 3.71. The number of aromatic nitrogens is 1. The molecule has 0 amide bonds. The van der Waals surface area contributed by atoms with Crippen LogP contribution in [-0.4, -0.2) is 55.5 Å². The van der Waals surface area contributed by atoms with Gasteiger partial charge in [-0.25, -0.2) is 9.78 Å². The summed E-state index contributed by atoms with van der Waals surface area (Å²) in [6.45, 7) is 8.75. The number of aryl methyl sites for hydroxylation is 1. The first-order chi connectivity index (χ1) is 16.6. The van der Waals surface area contributed by atoms with Gasteiger partial charge in [-0.2, -0.15) is 11.8 Å². The van der Waals surface area contributed by atoms with Gasteiger partial charge in [0.2, 0.25) is 0 Å². The number of carbonyl (C=O) groups is 1. The van der Waals surface area contributed by atoms with Crippen molar-refractivity contribution < 1.29 is 19.0 Å². The molecule has 2 aromatic heterocycles. The number of pyridine rings is 1. The number of thiophene rings is 1. The second-order valence-electron chi connectivity index (χ2n) is 8.05. The molecule has 4 rings (SSSR count). The Hall–Kier alpha value is -2.29. The summed E-state index contributed by atoms with van der Waals surface area (Å²) in [5, 5.41) is 1.08. The fourth-order valence-electron chi connectivity index (χ4n) is 4.48. The maximum Gasteiger partial charge on any atom is 0.340 e. The summed E-state index contributed by atoms with van der Waals surface area (Å²) < 4.78 is 16.7. The molecule has 182 valence electrons. The Labute approximate surface area is 209 Å². The molecule has 0 bridgehead atoms. The van der Waals surface area contributed by atoms with E-state index >= 15 is 0 Å². The number of hydrogen-bond donors (Lipinski definition) is 0. The van der Waals surface area contributed by atoms with Crippen molar-refractivity contribution in [3.8, 4) is 22.6 Å². The second-order valence-corrected chi connectivity index (χ2v) is 10.2. The van der Waals surface area contributed by atoms with Gasteiger partial charge in [0.25, 0.3) is 0 Å². The van der Waals surface area contributed by atoms with Gasteiger partial charge in [0.15, 0.2) is 11.5 Å². The van der Waals surface area contributed by atoms with Crippen molar-refractivity contribution in [2.45, 2.75) is 39.5 Å². The fraction of sp³-hybridized carbons (Fsp3) is 0.462. The standard InChI is InChI=1S/C26H32N2O4S2/c1-6-28(7-2)14-18-24(26(29)32-8-3)22(16-9-10-19(30-4)20(13-16)31-5)23-17-11-12-33-15-21(17)34-25(23)27-18/h9-10,13H,6-8,11-12,14-15H2,1-5H3. The lowest BCUT2D eigenvalue weighted by Crippen LogP contribution is -2.25. The number of carbonyl (C=O) groups excluding carboxylic acids is 1. The van der Waals surface area contributed by atoms with Gasteiger partial charge >= 0.3 is 5.97 Å². The zero-order valence-electron chi connectivity index (χ0n) is 20.5. The summed E-state index contributed by atoms with van der Waals surface area (Å²) in [5.41, 5.74) is 4.46. The van der Waals surface area contributed by atoms with Gasteiger partial charge in [-0.05, 0) is 55.4 Å². The van der Waals surface area contributed by atoms with Crippen molar-refractivity contribution in [1.82, 2.24) is 9.88 Å². The Kier molecular flexibility index (Phi) is 8.01. The Bertz CT molecular complexity index is 1190. The van der Waals surface area contributed by atoms with Crippen LogP contribution in [0.5, 0.6) is 11.5 Å². The lowest BCUT2D eigenvalue weighted by molar-refractivity contribution is 0.0524. The lowest BCUT2D eigenvalue weighted by Gasteiger charge is -2.22. The van der Waals surface area contributed by atoms with E-state index in [2.05, 4.69) is 18.7 Å². The largest absolute Gasteiger partial charge is 0.493 e. The lowest BCUT2D eigenvalue weighted by atomic mass is 9.92. The van der Waals surface area contributed by atoms with Crippen LogP contribution in [0.1, 0.15) is 47.3 Å². The number of esters is 1. The molecule has 0 N–H and O–H groups in total. The molecule has 34 heavy (non-hydrogen) atoms. The maximum atomic E-state index is 13.5. The van der Waals surface area contributed by atoms with Crippen LogP contribution < -0.4 is 9.47 Å². The third kappa shape index (κ3) is 4.63. The summed E-state index contributed by atoms with van der Waals surface area (Å²) in [4.78, 5) is 23.2. The minimum atomic E-state index is -0.325. The quantitative estimate of drug-likeness (QED) is 0.345. The number of nitrogens with zero attached hydrogens (tertiary/aromatic N) is 2. The molecule has 0 atom stereocenters. The van der Waals surface area contributed by atoms with Crippen molar-refractivity contribution in [3.05, 3.63) is 39.9 Å². The molecule has 6 nitrogen and oxygen atoms in total. The Morgan fingerprint density at radius 1 is 1.12 bits per heavy atom. The molecular weight excluding hydrogens is 468 g/mol. The van der Waals surface area contributed by atoms with Gasteiger partial charge in [-0.3, -0.25) is 4.90 Å². The molecule has 1 aliphatic rings. The first kappa shape index (κ1) is 24.8. The van der Waals surface area contributed by atoms with E-state index in [4.69, 9.17) is 19.2 Å². The molecule has 0 saturated carbocycles. The van der Waals surface area contributed by atoms with Crippen LogP contribution in [0.2, 0.25) is 0 Å². The van der Waals surface area contributed by atoms with E-state index in [1.165, 1.54) is 10.4 Å². The van der Waals surface area contributed by atoms with Crippen LogP contribution in [0.15, 0.2) is 18.2 Å². The summed E-state index contributed by atoms with van der Waals surface area (Å²) in [6, 6.07) is 5.86. The summed E-state index contributed by atoms with van der Waals surface area (Å²) in [6.07, 6.45) is 0.972. The van der Waals surface area contributed by atoms with E-state index in [1.54, 1.807) is 25.6 Å². The predicted molar refractivity (Wildman–Crippen MR) is 141 cm³/mol. The Morgan fingerprint density at radius 2 is 1.88 bits per heavy atom. The molecule has 0 unspecified atom stereocenters. The van der Waals surface area contributed by atoms with Crippen LogP contribution in [-0.2, 0) is 23.5 Å². The van der Waals surface area contributed by atoms with Gasteiger partial charge in [-0.1, -0.05) is 19.9 Å². The number of hydrogen-bond acceptors (Lipinski definition) is 8. The van der Waals surface area contributed by atoms with E-state index in [0.29, 0.717) is 30.2 Å². The van der Waals surface area contributed by atoms with E-state index < -0.39 is 0 Å². The molecule has 1 aliphatic heterocycles. The normalized spacial score (nSPS) is 13.2. The van der Waals surface area contributed by atoms with E-state index in [-0.39, 0.29) is 5.97 Å². The highest BCUT2D eigenvalue weighted by molar-refractivity contribution is 7.98. The molecule has 1 aromatic carbocycles. The number of rotatable bonds is 9. The zero-order chi connectivity index (χ0) is 24.2. The topological polar surface area (TPSA) is 60.9 Å². The minimum absolute atomic E-state index is 0.311. The smallest absolute Gasteiger partial charge is 0.340 e. The summed E-state index contributed by atoms with van der Waals surface area (Å²) in [7, 11) is 3.26. The highest BCUT2D eigenvalue weighted by atomic mass is 32.2. The van der Waals surface area contributed by atoms with Gasteiger partial charge in [0, 0.05) is 28.1 Å². The molecule has 0 fully saturated rings. The van der Waals surface area contributed by atoms with E-state index in [9.17, 15) is 4.79 Å². The summed E-state index contributed by atoms with van der Waals surface area (Å²) in [5.74, 6) is 3.02. The SMILES string of the molecule is CCOC(=O)c1c(CN(CC)CC)nc2sc3c(c2c1-c1ccc(OC)c(OC)c1)CCSC3. The van der Waals surface area contributed by atoms with Crippen LogP contribution in [0.25, 0.3) is 21.3 Å². The molecule has 0 saturated heterocycles. The number of ether oxygens (including phenoxy) is 3. The number of benzene rings is 1. The third-order valence-corrected chi connectivity index (χ3v) is 8.54. The molecule has 0 radical (unpaired) electrons. The van der Waals surface area contributed by atoms with Crippen molar-refractivity contribution in [1.29, 1.82) is 0 Å². The molecular formula is C26H32N2O4S2. The Morgan fingerprint density at radius 3 is 2.56 bits per heavy atom. The van der Waals surface area contributed by atoms with Gasteiger partial charge in [0.05, 0.1) is 32.1 Å². The highest BCUT2D eigenvalue weighted by Gasteiger charge is 2.29. The number of fused-ring (bicyclic) bond motifs is 3. The fourth-order valence-corrected chi connectivity index (χ4v) is 6.86. The first-order valence-electron chi connectivity index (χ1n) is 11.7. The number of methoxy groups -OCH3 is 2. The van der Waals surface area contributed by atoms with Crippen molar-refractivity contribution in [2.24, 2.45) is 0 Å². The van der Waals surface area contributed by atoms with E-state index in [1.807, 2.05) is 36.9 Å². The first-order valence-corrected chi connectivity index (χ1v) is 13.7. The molecule has 0 spiro atoms. The zero-order valence-corrected chi connectivity index (χ0v) is 22.2. The van der Waals surface area contributed by atoms with Crippen LogP contribution in [0, 0.1) is 0 Å². The van der Waals surface area contributed by atoms with Crippen molar-refractivity contribution >= 4 is 39.3 Å². The molecule has 8 heteroatoms. The third-order valence-electron chi connectivity index (χ3n) is 6.25. The number of thioether (sulfide) groups is 1. The molecule has 3 aromatic rings.